The number of rotatable bonds is 6. The Morgan fingerprint density at radius 2 is 2.10 bits per heavy atom. The molecule has 0 unspecified atom stereocenters. The summed E-state index contributed by atoms with van der Waals surface area (Å²) in [6.07, 6.45) is 3.52. The standard InChI is InChI=1S/C15H21BrN2OS/c16-13-4-1-3-12(11-13)15(19)18-8-2-7-17-14-5-9-20-10-6-14/h1,3-4,11,14,17H,2,5-10H2,(H,18,19). The van der Waals surface area contributed by atoms with Crippen molar-refractivity contribution in [2.75, 3.05) is 24.6 Å². The van der Waals surface area contributed by atoms with Crippen molar-refractivity contribution >= 4 is 33.6 Å². The van der Waals surface area contributed by atoms with Gasteiger partial charge in [-0.3, -0.25) is 4.79 Å². The first-order valence-electron chi connectivity index (χ1n) is 7.10. The van der Waals surface area contributed by atoms with Gasteiger partial charge in [-0.15, -0.1) is 0 Å². The van der Waals surface area contributed by atoms with E-state index in [9.17, 15) is 4.79 Å². The van der Waals surface area contributed by atoms with Crippen molar-refractivity contribution in [1.82, 2.24) is 10.6 Å². The quantitative estimate of drug-likeness (QED) is 0.769. The lowest BCUT2D eigenvalue weighted by Crippen LogP contribution is -2.35. The van der Waals surface area contributed by atoms with E-state index in [-0.39, 0.29) is 5.91 Å². The Labute approximate surface area is 133 Å². The molecule has 1 fully saturated rings. The van der Waals surface area contributed by atoms with Gasteiger partial charge >= 0.3 is 0 Å². The van der Waals surface area contributed by atoms with Crippen LogP contribution in [-0.4, -0.2) is 36.5 Å². The second kappa shape index (κ2) is 8.70. The Morgan fingerprint density at radius 1 is 1.30 bits per heavy atom. The summed E-state index contributed by atoms with van der Waals surface area (Å²) in [6, 6.07) is 8.15. The molecule has 0 bridgehead atoms. The van der Waals surface area contributed by atoms with Crippen molar-refractivity contribution in [2.24, 2.45) is 0 Å². The van der Waals surface area contributed by atoms with Crippen LogP contribution in [0.3, 0.4) is 0 Å². The summed E-state index contributed by atoms with van der Waals surface area (Å²) in [5.41, 5.74) is 0.705. The van der Waals surface area contributed by atoms with Crippen LogP contribution in [0.4, 0.5) is 0 Å². The molecule has 0 aliphatic carbocycles. The smallest absolute Gasteiger partial charge is 0.251 e. The zero-order valence-corrected chi connectivity index (χ0v) is 13.9. The number of halogens is 1. The van der Waals surface area contributed by atoms with Crippen LogP contribution in [0.5, 0.6) is 0 Å². The lowest BCUT2D eigenvalue weighted by Gasteiger charge is -2.22. The van der Waals surface area contributed by atoms with E-state index < -0.39 is 0 Å². The third-order valence-electron chi connectivity index (χ3n) is 3.38. The summed E-state index contributed by atoms with van der Waals surface area (Å²) in [4.78, 5) is 11.9. The summed E-state index contributed by atoms with van der Waals surface area (Å²) >= 11 is 5.42. The SMILES string of the molecule is O=C(NCCCNC1CCSCC1)c1cccc(Br)c1. The highest BCUT2D eigenvalue weighted by molar-refractivity contribution is 9.10. The molecule has 2 rings (SSSR count). The zero-order valence-electron chi connectivity index (χ0n) is 11.5. The summed E-state index contributed by atoms with van der Waals surface area (Å²) in [6.45, 7) is 1.70. The molecule has 1 aromatic carbocycles. The molecule has 110 valence electrons. The Morgan fingerprint density at radius 3 is 2.85 bits per heavy atom. The minimum absolute atomic E-state index is 0.000339. The number of amides is 1. The average Bonchev–Trinajstić information content (AvgIpc) is 2.48. The lowest BCUT2D eigenvalue weighted by atomic mass is 10.1. The summed E-state index contributed by atoms with van der Waals surface area (Å²) in [7, 11) is 0. The van der Waals surface area contributed by atoms with Crippen molar-refractivity contribution in [3.8, 4) is 0 Å². The second-order valence-electron chi connectivity index (χ2n) is 4.96. The molecule has 2 N–H and O–H groups in total. The van der Waals surface area contributed by atoms with Crippen LogP contribution in [0.15, 0.2) is 28.7 Å². The molecule has 3 nitrogen and oxygen atoms in total. The molecule has 1 aliphatic rings. The number of hydrogen-bond donors (Lipinski definition) is 2. The first kappa shape index (κ1) is 15.9. The van der Waals surface area contributed by atoms with Crippen LogP contribution in [0.1, 0.15) is 29.6 Å². The van der Waals surface area contributed by atoms with E-state index in [0.29, 0.717) is 11.6 Å². The van der Waals surface area contributed by atoms with Gasteiger partial charge in [-0.05, 0) is 55.5 Å². The maximum absolute atomic E-state index is 11.9. The van der Waals surface area contributed by atoms with E-state index in [2.05, 4.69) is 26.6 Å². The van der Waals surface area contributed by atoms with Crippen LogP contribution in [0.2, 0.25) is 0 Å². The van der Waals surface area contributed by atoms with Crippen LogP contribution >= 0.6 is 27.7 Å². The molecule has 1 aromatic rings. The Hall–Kier alpha value is -0.520. The van der Waals surface area contributed by atoms with Gasteiger partial charge in [0.15, 0.2) is 0 Å². The predicted molar refractivity (Wildman–Crippen MR) is 89.4 cm³/mol. The summed E-state index contributed by atoms with van der Waals surface area (Å²) in [5, 5.41) is 6.53. The minimum atomic E-state index is 0.000339. The Balaban J connectivity index is 1.59. The maximum Gasteiger partial charge on any atom is 0.251 e. The van der Waals surface area contributed by atoms with Gasteiger partial charge in [0.1, 0.15) is 0 Å². The van der Waals surface area contributed by atoms with E-state index >= 15 is 0 Å². The third-order valence-corrected chi connectivity index (χ3v) is 4.92. The monoisotopic (exact) mass is 356 g/mol. The van der Waals surface area contributed by atoms with Crippen molar-refractivity contribution in [1.29, 1.82) is 0 Å². The molecule has 1 amide bonds. The van der Waals surface area contributed by atoms with Gasteiger partial charge in [0, 0.05) is 22.6 Å². The number of benzene rings is 1. The largest absolute Gasteiger partial charge is 0.352 e. The van der Waals surface area contributed by atoms with Gasteiger partial charge in [0.2, 0.25) is 0 Å². The second-order valence-corrected chi connectivity index (χ2v) is 7.10. The van der Waals surface area contributed by atoms with Crippen LogP contribution in [0.25, 0.3) is 0 Å². The molecule has 1 heterocycles. The van der Waals surface area contributed by atoms with E-state index in [1.807, 2.05) is 36.0 Å². The van der Waals surface area contributed by atoms with E-state index in [1.165, 1.54) is 24.3 Å². The van der Waals surface area contributed by atoms with E-state index in [0.717, 1.165) is 24.0 Å². The average molecular weight is 357 g/mol. The molecule has 0 aromatic heterocycles. The summed E-state index contributed by atoms with van der Waals surface area (Å²) < 4.78 is 0.932. The van der Waals surface area contributed by atoms with Gasteiger partial charge in [-0.1, -0.05) is 22.0 Å². The number of thioether (sulfide) groups is 1. The fourth-order valence-corrected chi connectivity index (χ4v) is 3.74. The molecule has 0 saturated carbocycles. The Kier molecular flexibility index (Phi) is 6.90. The fraction of sp³-hybridized carbons (Fsp3) is 0.533. The molecule has 5 heteroatoms. The van der Waals surface area contributed by atoms with Gasteiger partial charge in [-0.2, -0.15) is 11.8 Å². The first-order chi connectivity index (χ1) is 9.75. The van der Waals surface area contributed by atoms with Gasteiger partial charge in [0.05, 0.1) is 0 Å². The topological polar surface area (TPSA) is 41.1 Å². The number of nitrogens with one attached hydrogen (secondary N) is 2. The molecular formula is C15H21BrN2OS. The van der Waals surface area contributed by atoms with Gasteiger partial charge in [0.25, 0.3) is 5.91 Å². The van der Waals surface area contributed by atoms with Crippen molar-refractivity contribution in [2.45, 2.75) is 25.3 Å². The highest BCUT2D eigenvalue weighted by Crippen LogP contribution is 2.16. The minimum Gasteiger partial charge on any atom is -0.352 e. The predicted octanol–water partition coefficient (Wildman–Crippen LogP) is 3.05. The van der Waals surface area contributed by atoms with Gasteiger partial charge in [-0.25, -0.2) is 0 Å². The van der Waals surface area contributed by atoms with Crippen molar-refractivity contribution < 1.29 is 4.79 Å². The molecule has 0 radical (unpaired) electrons. The molecule has 20 heavy (non-hydrogen) atoms. The van der Waals surface area contributed by atoms with Crippen molar-refractivity contribution in [3.63, 3.8) is 0 Å². The van der Waals surface area contributed by atoms with Crippen LogP contribution in [-0.2, 0) is 0 Å². The maximum atomic E-state index is 11.9. The molecule has 0 atom stereocenters. The van der Waals surface area contributed by atoms with Crippen LogP contribution < -0.4 is 10.6 Å². The van der Waals surface area contributed by atoms with Crippen LogP contribution in [0, 0.1) is 0 Å². The fourth-order valence-electron chi connectivity index (χ4n) is 2.23. The normalized spacial score (nSPS) is 16.1. The third kappa shape index (κ3) is 5.46. The first-order valence-corrected chi connectivity index (χ1v) is 9.05. The van der Waals surface area contributed by atoms with E-state index in [4.69, 9.17) is 0 Å². The van der Waals surface area contributed by atoms with Gasteiger partial charge < -0.3 is 10.6 Å². The highest BCUT2D eigenvalue weighted by Gasteiger charge is 2.12. The molecule has 0 spiro atoms. The number of hydrogen-bond acceptors (Lipinski definition) is 3. The molecule has 1 aliphatic heterocycles. The van der Waals surface area contributed by atoms with Crippen molar-refractivity contribution in [3.05, 3.63) is 34.3 Å². The highest BCUT2D eigenvalue weighted by atomic mass is 79.9. The number of carbonyl (C=O) groups excluding carboxylic acids is 1. The summed E-state index contributed by atoms with van der Waals surface area (Å²) in [5.74, 6) is 2.55. The lowest BCUT2D eigenvalue weighted by molar-refractivity contribution is 0.0953. The van der Waals surface area contributed by atoms with E-state index in [1.54, 1.807) is 0 Å². The molecule has 1 saturated heterocycles. The Bertz CT molecular complexity index is 436. The molecular weight excluding hydrogens is 336 g/mol. The zero-order chi connectivity index (χ0) is 14.2. The number of carbonyl (C=O) groups is 1.